The Hall–Kier alpha value is -2.03. The van der Waals surface area contributed by atoms with Gasteiger partial charge in [-0.1, -0.05) is 0 Å². The molecule has 1 heterocycles. The second-order valence-electron chi connectivity index (χ2n) is 3.73. The number of aliphatic imine (C=N–C) groups is 1. The fourth-order valence-electron chi connectivity index (χ4n) is 1.63. The highest BCUT2D eigenvalue weighted by atomic mass is 16.3. The van der Waals surface area contributed by atoms with Crippen LogP contribution in [0.25, 0.3) is 11.3 Å². The van der Waals surface area contributed by atoms with E-state index < -0.39 is 0 Å². The second kappa shape index (κ2) is 4.23. The Labute approximate surface area is 94.6 Å². The molecule has 0 unspecified atom stereocenters. The van der Waals surface area contributed by atoms with Crippen LogP contribution >= 0.6 is 0 Å². The average Bonchev–Trinajstić information content (AvgIpc) is 2.69. The predicted octanol–water partition coefficient (Wildman–Crippen LogP) is 3.26. The molecule has 0 radical (unpaired) electrons. The highest BCUT2D eigenvalue weighted by Gasteiger charge is 2.04. The fourth-order valence-corrected chi connectivity index (χ4v) is 1.63. The van der Waals surface area contributed by atoms with Crippen LogP contribution in [-0.2, 0) is 0 Å². The van der Waals surface area contributed by atoms with Gasteiger partial charge < -0.3 is 10.2 Å². The Morgan fingerprint density at radius 3 is 2.69 bits per heavy atom. The number of rotatable bonds is 2. The summed E-state index contributed by atoms with van der Waals surface area (Å²) in [5.41, 5.74) is 8.61. The van der Waals surface area contributed by atoms with Crippen molar-refractivity contribution in [2.45, 2.75) is 13.8 Å². The molecule has 2 rings (SSSR count). The highest BCUT2D eigenvalue weighted by Crippen LogP contribution is 2.27. The molecular formula is C13H14N2O. The molecule has 2 aromatic rings. The van der Waals surface area contributed by atoms with Crippen LogP contribution in [0.3, 0.4) is 0 Å². The van der Waals surface area contributed by atoms with Crippen molar-refractivity contribution in [1.29, 1.82) is 0 Å². The molecule has 3 heteroatoms. The molecule has 82 valence electrons. The summed E-state index contributed by atoms with van der Waals surface area (Å²) in [6.45, 7) is 3.80. The van der Waals surface area contributed by atoms with E-state index in [0.29, 0.717) is 5.84 Å². The number of furan rings is 1. The van der Waals surface area contributed by atoms with Crippen LogP contribution < -0.4 is 5.73 Å². The summed E-state index contributed by atoms with van der Waals surface area (Å²) in [6.07, 6.45) is 1.67. The molecule has 1 aromatic carbocycles. The van der Waals surface area contributed by atoms with Gasteiger partial charge in [0.1, 0.15) is 5.76 Å². The Morgan fingerprint density at radius 1 is 1.31 bits per heavy atom. The van der Waals surface area contributed by atoms with Crippen molar-refractivity contribution in [3.63, 3.8) is 0 Å². The monoisotopic (exact) mass is 214 g/mol. The molecule has 0 saturated carbocycles. The lowest BCUT2D eigenvalue weighted by atomic mass is 10.1. The number of nitrogens with two attached hydrogens (primary N) is 1. The highest BCUT2D eigenvalue weighted by molar-refractivity contribution is 5.81. The standard InChI is InChI=1S/C13H14N2O/c1-9-8-11(15-10(2)14)5-6-12(9)13-4-3-7-16-13/h3-8H,1-2H3,(H2,14,15). The molecular weight excluding hydrogens is 200 g/mol. The first-order chi connectivity index (χ1) is 7.66. The van der Waals surface area contributed by atoms with Gasteiger partial charge in [0.2, 0.25) is 0 Å². The quantitative estimate of drug-likeness (QED) is 0.616. The van der Waals surface area contributed by atoms with Gasteiger partial charge >= 0.3 is 0 Å². The lowest BCUT2D eigenvalue weighted by Crippen LogP contribution is -2.03. The normalized spacial score (nSPS) is 11.8. The van der Waals surface area contributed by atoms with Crippen molar-refractivity contribution in [2.75, 3.05) is 0 Å². The zero-order chi connectivity index (χ0) is 11.5. The third-order valence-corrected chi connectivity index (χ3v) is 2.30. The minimum absolute atomic E-state index is 0.560. The molecule has 16 heavy (non-hydrogen) atoms. The number of amidine groups is 1. The zero-order valence-electron chi connectivity index (χ0n) is 9.40. The summed E-state index contributed by atoms with van der Waals surface area (Å²) in [5.74, 6) is 1.43. The van der Waals surface area contributed by atoms with Crippen LogP contribution in [0.2, 0.25) is 0 Å². The van der Waals surface area contributed by atoms with Crippen molar-refractivity contribution in [3.8, 4) is 11.3 Å². The zero-order valence-corrected chi connectivity index (χ0v) is 9.40. The number of hydrogen-bond donors (Lipinski definition) is 1. The van der Waals surface area contributed by atoms with E-state index in [1.54, 1.807) is 13.2 Å². The molecule has 0 aliphatic carbocycles. The van der Waals surface area contributed by atoms with E-state index in [1.807, 2.05) is 37.3 Å². The fraction of sp³-hybridized carbons (Fsp3) is 0.154. The maximum absolute atomic E-state index is 5.54. The summed E-state index contributed by atoms with van der Waals surface area (Å²) in [7, 11) is 0. The van der Waals surface area contributed by atoms with E-state index in [-0.39, 0.29) is 0 Å². The minimum Gasteiger partial charge on any atom is -0.464 e. The molecule has 0 fully saturated rings. The lowest BCUT2D eigenvalue weighted by molar-refractivity contribution is 0.582. The van der Waals surface area contributed by atoms with Crippen molar-refractivity contribution in [2.24, 2.45) is 10.7 Å². The van der Waals surface area contributed by atoms with Crippen molar-refractivity contribution in [1.82, 2.24) is 0 Å². The second-order valence-corrected chi connectivity index (χ2v) is 3.73. The van der Waals surface area contributed by atoms with Gasteiger partial charge in [-0.05, 0) is 49.7 Å². The van der Waals surface area contributed by atoms with Gasteiger partial charge in [-0.3, -0.25) is 0 Å². The molecule has 0 aliphatic rings. The van der Waals surface area contributed by atoms with Gasteiger partial charge in [0.15, 0.2) is 0 Å². The summed E-state index contributed by atoms with van der Waals surface area (Å²) in [4.78, 5) is 4.21. The third kappa shape index (κ3) is 2.14. The van der Waals surface area contributed by atoms with Gasteiger partial charge in [0, 0.05) is 5.56 Å². The molecule has 0 amide bonds. The van der Waals surface area contributed by atoms with E-state index in [4.69, 9.17) is 10.2 Å². The van der Waals surface area contributed by atoms with Gasteiger partial charge in [-0.25, -0.2) is 4.99 Å². The smallest absolute Gasteiger partial charge is 0.134 e. The van der Waals surface area contributed by atoms with Crippen molar-refractivity contribution in [3.05, 3.63) is 42.2 Å². The number of benzene rings is 1. The van der Waals surface area contributed by atoms with E-state index in [0.717, 1.165) is 22.6 Å². The van der Waals surface area contributed by atoms with Crippen molar-refractivity contribution >= 4 is 11.5 Å². The maximum Gasteiger partial charge on any atom is 0.134 e. The summed E-state index contributed by atoms with van der Waals surface area (Å²) < 4.78 is 5.36. The molecule has 2 N–H and O–H groups in total. The SMILES string of the molecule is CC(N)=Nc1ccc(-c2ccco2)c(C)c1. The topological polar surface area (TPSA) is 51.5 Å². The van der Waals surface area contributed by atoms with Crippen LogP contribution in [0.5, 0.6) is 0 Å². The van der Waals surface area contributed by atoms with E-state index >= 15 is 0 Å². The van der Waals surface area contributed by atoms with E-state index in [9.17, 15) is 0 Å². The Balaban J connectivity index is 2.42. The number of nitrogens with zero attached hydrogens (tertiary/aromatic N) is 1. The Morgan fingerprint density at radius 2 is 2.12 bits per heavy atom. The van der Waals surface area contributed by atoms with Gasteiger partial charge in [-0.2, -0.15) is 0 Å². The van der Waals surface area contributed by atoms with Crippen LogP contribution in [0, 0.1) is 6.92 Å². The molecule has 0 spiro atoms. The number of hydrogen-bond acceptors (Lipinski definition) is 2. The molecule has 0 aliphatic heterocycles. The van der Waals surface area contributed by atoms with Gasteiger partial charge in [0.05, 0.1) is 17.8 Å². The number of aryl methyl sites for hydroxylation is 1. The Bertz CT molecular complexity index is 509. The third-order valence-electron chi connectivity index (χ3n) is 2.30. The molecule has 0 saturated heterocycles. The van der Waals surface area contributed by atoms with E-state index in [1.165, 1.54) is 0 Å². The molecule has 3 nitrogen and oxygen atoms in total. The van der Waals surface area contributed by atoms with Crippen molar-refractivity contribution < 1.29 is 4.42 Å². The van der Waals surface area contributed by atoms with Gasteiger partial charge in [0.25, 0.3) is 0 Å². The summed E-state index contributed by atoms with van der Waals surface area (Å²) in [5, 5.41) is 0. The molecule has 1 aromatic heterocycles. The minimum atomic E-state index is 0.560. The largest absolute Gasteiger partial charge is 0.464 e. The molecule has 0 atom stereocenters. The van der Waals surface area contributed by atoms with Crippen LogP contribution in [0.1, 0.15) is 12.5 Å². The molecule has 0 bridgehead atoms. The first-order valence-electron chi connectivity index (χ1n) is 5.12. The maximum atomic E-state index is 5.54. The first kappa shape index (κ1) is 10.5. The van der Waals surface area contributed by atoms with Crippen LogP contribution in [0.4, 0.5) is 5.69 Å². The first-order valence-corrected chi connectivity index (χ1v) is 5.12. The van der Waals surface area contributed by atoms with E-state index in [2.05, 4.69) is 4.99 Å². The summed E-state index contributed by atoms with van der Waals surface area (Å²) in [6, 6.07) is 9.75. The van der Waals surface area contributed by atoms with Crippen LogP contribution in [0.15, 0.2) is 46.0 Å². The summed E-state index contributed by atoms with van der Waals surface area (Å²) >= 11 is 0. The predicted molar refractivity (Wildman–Crippen MR) is 65.8 cm³/mol. The van der Waals surface area contributed by atoms with Crippen LogP contribution in [-0.4, -0.2) is 5.84 Å². The lowest BCUT2D eigenvalue weighted by Gasteiger charge is -2.03. The Kier molecular flexibility index (Phi) is 2.77. The van der Waals surface area contributed by atoms with Gasteiger partial charge in [-0.15, -0.1) is 0 Å². The average molecular weight is 214 g/mol.